The van der Waals surface area contributed by atoms with Crippen LogP contribution in [0.2, 0.25) is 0 Å². The second kappa shape index (κ2) is 6.63. The first-order valence-electron chi connectivity index (χ1n) is 5.87. The van der Waals surface area contributed by atoms with E-state index in [1.165, 1.54) is 4.90 Å². The van der Waals surface area contributed by atoms with Gasteiger partial charge in [-0.05, 0) is 13.8 Å². The van der Waals surface area contributed by atoms with E-state index in [0.717, 1.165) is 6.54 Å². The van der Waals surface area contributed by atoms with E-state index < -0.39 is 5.97 Å². The van der Waals surface area contributed by atoms with Crippen LogP contribution >= 0.6 is 0 Å². The molecule has 0 aromatic carbocycles. The van der Waals surface area contributed by atoms with Gasteiger partial charge < -0.3 is 15.3 Å². The number of urea groups is 1. The van der Waals surface area contributed by atoms with Gasteiger partial charge in [0, 0.05) is 25.8 Å². The first-order chi connectivity index (χ1) is 8.56. The monoisotopic (exact) mass is 254 g/mol. The number of hydrogen-bond acceptors (Lipinski definition) is 3. The van der Waals surface area contributed by atoms with E-state index in [0.29, 0.717) is 12.2 Å². The van der Waals surface area contributed by atoms with Gasteiger partial charge in [0.25, 0.3) is 0 Å². The van der Waals surface area contributed by atoms with Crippen LogP contribution in [0.5, 0.6) is 0 Å². The van der Waals surface area contributed by atoms with Crippen LogP contribution in [-0.4, -0.2) is 44.9 Å². The number of nitrogens with one attached hydrogen (secondary N) is 1. The zero-order valence-corrected chi connectivity index (χ0v) is 10.6. The summed E-state index contributed by atoms with van der Waals surface area (Å²) in [4.78, 5) is 23.8. The van der Waals surface area contributed by atoms with Gasteiger partial charge in [0.1, 0.15) is 0 Å². The third kappa shape index (κ3) is 4.08. The Morgan fingerprint density at radius 1 is 1.50 bits per heavy atom. The van der Waals surface area contributed by atoms with Crippen molar-refractivity contribution < 1.29 is 14.7 Å². The summed E-state index contributed by atoms with van der Waals surface area (Å²) in [6.45, 7) is 5.13. The summed E-state index contributed by atoms with van der Waals surface area (Å²) in [5, 5.41) is 15.3. The van der Waals surface area contributed by atoms with E-state index in [1.54, 1.807) is 24.0 Å². The van der Waals surface area contributed by atoms with Crippen LogP contribution in [0.3, 0.4) is 0 Å². The van der Waals surface area contributed by atoms with Gasteiger partial charge in [0.05, 0.1) is 18.3 Å². The van der Waals surface area contributed by atoms with Crippen molar-refractivity contribution >= 4 is 17.7 Å². The van der Waals surface area contributed by atoms with Gasteiger partial charge in [-0.2, -0.15) is 5.10 Å². The zero-order valence-electron chi connectivity index (χ0n) is 10.6. The van der Waals surface area contributed by atoms with Gasteiger partial charge in [-0.3, -0.25) is 9.48 Å². The molecule has 0 saturated heterocycles. The smallest absolute Gasteiger partial charge is 0.321 e. The third-order valence-electron chi connectivity index (χ3n) is 2.47. The number of aliphatic carboxylic acids is 1. The highest BCUT2D eigenvalue weighted by atomic mass is 16.4. The molecule has 0 fully saturated rings. The van der Waals surface area contributed by atoms with Crippen molar-refractivity contribution in [3.05, 3.63) is 12.4 Å². The van der Waals surface area contributed by atoms with Crippen LogP contribution in [0.25, 0.3) is 0 Å². The predicted octanol–water partition coefficient (Wildman–Crippen LogP) is 1.23. The lowest BCUT2D eigenvalue weighted by Crippen LogP contribution is -2.36. The molecule has 0 radical (unpaired) electrons. The minimum atomic E-state index is -0.917. The predicted molar refractivity (Wildman–Crippen MR) is 66.4 cm³/mol. The standard InChI is InChI=1S/C11H18N4O3/c1-3-14(6-5-10(16)17)11(18)13-9-7-12-15(4-2)8-9/h7-8H,3-6H2,1-2H3,(H,13,18)(H,16,17). The Labute approximate surface area is 105 Å². The van der Waals surface area contributed by atoms with E-state index in [4.69, 9.17) is 5.11 Å². The molecule has 7 nitrogen and oxygen atoms in total. The molecule has 2 amide bonds. The second-order valence-electron chi connectivity index (χ2n) is 3.74. The van der Waals surface area contributed by atoms with Crippen LogP contribution in [0, 0.1) is 0 Å². The van der Waals surface area contributed by atoms with Crippen LogP contribution in [0.15, 0.2) is 12.4 Å². The lowest BCUT2D eigenvalue weighted by Gasteiger charge is -2.19. The van der Waals surface area contributed by atoms with Crippen LogP contribution < -0.4 is 5.32 Å². The normalized spacial score (nSPS) is 10.1. The Morgan fingerprint density at radius 3 is 2.72 bits per heavy atom. The Hall–Kier alpha value is -2.05. The number of nitrogens with zero attached hydrogens (tertiary/aromatic N) is 3. The largest absolute Gasteiger partial charge is 0.481 e. The fraction of sp³-hybridized carbons (Fsp3) is 0.545. The first-order valence-corrected chi connectivity index (χ1v) is 5.87. The van der Waals surface area contributed by atoms with Gasteiger partial charge in [-0.25, -0.2) is 4.79 Å². The molecule has 0 aliphatic heterocycles. The Balaban J connectivity index is 2.53. The number of aromatic nitrogens is 2. The molecule has 1 rings (SSSR count). The molecule has 18 heavy (non-hydrogen) atoms. The van der Waals surface area contributed by atoms with Crippen LogP contribution in [-0.2, 0) is 11.3 Å². The highest BCUT2D eigenvalue weighted by molar-refractivity contribution is 5.89. The average Bonchev–Trinajstić information content (AvgIpc) is 2.77. The summed E-state index contributed by atoms with van der Waals surface area (Å²) < 4.78 is 1.70. The quantitative estimate of drug-likeness (QED) is 0.799. The fourth-order valence-electron chi connectivity index (χ4n) is 1.44. The van der Waals surface area contributed by atoms with Crippen molar-refractivity contribution in [2.45, 2.75) is 26.8 Å². The molecule has 1 aromatic rings. The molecule has 0 spiro atoms. The van der Waals surface area contributed by atoms with Gasteiger partial charge in [0.15, 0.2) is 0 Å². The summed E-state index contributed by atoms with van der Waals surface area (Å²) in [6, 6.07) is -0.311. The lowest BCUT2D eigenvalue weighted by atomic mass is 10.4. The van der Waals surface area contributed by atoms with Crippen molar-refractivity contribution in [3.63, 3.8) is 0 Å². The van der Waals surface area contributed by atoms with Crippen molar-refractivity contribution in [1.29, 1.82) is 0 Å². The summed E-state index contributed by atoms with van der Waals surface area (Å²) in [5.41, 5.74) is 0.607. The molecule has 0 aliphatic carbocycles. The fourth-order valence-corrected chi connectivity index (χ4v) is 1.44. The SMILES string of the molecule is CCN(CCC(=O)O)C(=O)Nc1cnn(CC)c1. The van der Waals surface area contributed by atoms with Crippen molar-refractivity contribution in [3.8, 4) is 0 Å². The number of rotatable bonds is 6. The number of amides is 2. The number of carbonyl (C=O) groups excluding carboxylic acids is 1. The number of carboxylic acids is 1. The molecule has 0 unspecified atom stereocenters. The Morgan fingerprint density at radius 2 is 2.22 bits per heavy atom. The maximum atomic E-state index is 11.8. The second-order valence-corrected chi connectivity index (χ2v) is 3.74. The molecule has 0 saturated carbocycles. The first kappa shape index (κ1) is 14.0. The summed E-state index contributed by atoms with van der Waals surface area (Å²) in [7, 11) is 0. The molecule has 1 heterocycles. The summed E-state index contributed by atoms with van der Waals surface area (Å²) in [5.74, 6) is -0.917. The van der Waals surface area contributed by atoms with E-state index in [1.807, 2.05) is 6.92 Å². The number of hydrogen-bond donors (Lipinski definition) is 2. The third-order valence-corrected chi connectivity index (χ3v) is 2.47. The average molecular weight is 254 g/mol. The summed E-state index contributed by atoms with van der Waals surface area (Å²) >= 11 is 0. The highest BCUT2D eigenvalue weighted by Crippen LogP contribution is 2.06. The Kier molecular flexibility index (Phi) is 5.16. The minimum absolute atomic E-state index is 0.0600. The maximum absolute atomic E-state index is 11.8. The van der Waals surface area contributed by atoms with Crippen molar-refractivity contribution in [2.75, 3.05) is 18.4 Å². The topological polar surface area (TPSA) is 87.5 Å². The number of carboxylic acid groups (broad SMARTS) is 1. The molecule has 7 heteroatoms. The van der Waals surface area contributed by atoms with Crippen LogP contribution in [0.4, 0.5) is 10.5 Å². The summed E-state index contributed by atoms with van der Waals surface area (Å²) in [6.07, 6.45) is 3.23. The maximum Gasteiger partial charge on any atom is 0.321 e. The highest BCUT2D eigenvalue weighted by Gasteiger charge is 2.13. The van der Waals surface area contributed by atoms with Gasteiger partial charge in [-0.15, -0.1) is 0 Å². The van der Waals surface area contributed by atoms with Gasteiger partial charge >= 0.3 is 12.0 Å². The molecular formula is C11H18N4O3. The lowest BCUT2D eigenvalue weighted by molar-refractivity contribution is -0.137. The molecule has 2 N–H and O–H groups in total. The van der Waals surface area contributed by atoms with Crippen molar-refractivity contribution in [2.24, 2.45) is 0 Å². The van der Waals surface area contributed by atoms with E-state index >= 15 is 0 Å². The molecule has 0 bridgehead atoms. The molecular weight excluding hydrogens is 236 g/mol. The van der Waals surface area contributed by atoms with E-state index in [2.05, 4.69) is 10.4 Å². The van der Waals surface area contributed by atoms with Gasteiger partial charge in [0.2, 0.25) is 0 Å². The zero-order chi connectivity index (χ0) is 13.5. The number of anilines is 1. The molecule has 0 aliphatic rings. The van der Waals surface area contributed by atoms with Gasteiger partial charge in [-0.1, -0.05) is 0 Å². The van der Waals surface area contributed by atoms with E-state index in [-0.39, 0.29) is 19.0 Å². The molecule has 100 valence electrons. The minimum Gasteiger partial charge on any atom is -0.481 e. The number of aryl methyl sites for hydroxylation is 1. The molecule has 0 atom stereocenters. The van der Waals surface area contributed by atoms with E-state index in [9.17, 15) is 9.59 Å². The Bertz CT molecular complexity index is 416. The van der Waals surface area contributed by atoms with Crippen LogP contribution in [0.1, 0.15) is 20.3 Å². The van der Waals surface area contributed by atoms with Crippen molar-refractivity contribution in [1.82, 2.24) is 14.7 Å². The molecule has 1 aromatic heterocycles. The number of carbonyl (C=O) groups is 2.